The molecule has 0 spiro atoms. The molecule has 0 heterocycles. The normalized spacial score (nSPS) is 11.7. The van der Waals surface area contributed by atoms with Crippen molar-refractivity contribution in [3.63, 3.8) is 0 Å². The van der Waals surface area contributed by atoms with E-state index < -0.39 is 6.04 Å². The zero-order chi connectivity index (χ0) is 20.4. The van der Waals surface area contributed by atoms with Gasteiger partial charge in [-0.3, -0.25) is 9.59 Å². The fraction of sp³-hybridized carbons (Fsp3) is 0.391. The number of amides is 2. The zero-order valence-electron chi connectivity index (χ0n) is 17.0. The van der Waals surface area contributed by atoms with Crippen LogP contribution in [0.3, 0.4) is 0 Å². The summed E-state index contributed by atoms with van der Waals surface area (Å²) in [5, 5.41) is 2.83. The quantitative estimate of drug-likeness (QED) is 0.662. The fourth-order valence-corrected chi connectivity index (χ4v) is 3.79. The lowest BCUT2D eigenvalue weighted by molar-refractivity contribution is -0.137. The van der Waals surface area contributed by atoms with Gasteiger partial charge in [-0.05, 0) is 38.3 Å². The van der Waals surface area contributed by atoms with Crippen molar-refractivity contribution < 1.29 is 9.59 Å². The van der Waals surface area contributed by atoms with Crippen LogP contribution in [0.2, 0.25) is 0 Å². The van der Waals surface area contributed by atoms with Crippen LogP contribution in [0.5, 0.6) is 0 Å². The Hall–Kier alpha value is -2.27. The second-order valence-electron chi connectivity index (χ2n) is 6.87. The minimum Gasteiger partial charge on any atom is -0.355 e. The number of nitrogens with one attached hydrogen (secondary N) is 1. The second-order valence-corrected chi connectivity index (χ2v) is 7.86. The smallest absolute Gasteiger partial charge is 0.242 e. The first-order valence-electron chi connectivity index (χ1n) is 9.75. The fourth-order valence-electron chi connectivity index (χ4n) is 2.92. The van der Waals surface area contributed by atoms with Crippen LogP contribution < -0.4 is 5.32 Å². The summed E-state index contributed by atoms with van der Waals surface area (Å²) in [6, 6.07) is 17.9. The van der Waals surface area contributed by atoms with Crippen molar-refractivity contribution in [3.05, 3.63) is 71.3 Å². The number of nitrogens with zero attached hydrogens (tertiary/aromatic N) is 1. The van der Waals surface area contributed by atoms with Gasteiger partial charge < -0.3 is 10.2 Å². The maximum Gasteiger partial charge on any atom is 0.242 e. The number of aryl methyl sites for hydroxylation is 1. The Bertz CT molecular complexity index is 747. The first-order chi connectivity index (χ1) is 13.5. The monoisotopic (exact) mass is 398 g/mol. The minimum absolute atomic E-state index is 0.00629. The third-order valence-electron chi connectivity index (χ3n) is 4.62. The van der Waals surface area contributed by atoms with E-state index in [0.717, 1.165) is 17.7 Å². The van der Waals surface area contributed by atoms with E-state index in [-0.39, 0.29) is 11.8 Å². The van der Waals surface area contributed by atoms with Crippen molar-refractivity contribution in [1.82, 2.24) is 10.2 Å². The molecule has 5 heteroatoms. The summed E-state index contributed by atoms with van der Waals surface area (Å²) in [4.78, 5) is 26.9. The van der Waals surface area contributed by atoms with Crippen molar-refractivity contribution in [2.24, 2.45) is 0 Å². The topological polar surface area (TPSA) is 49.4 Å². The summed E-state index contributed by atoms with van der Waals surface area (Å²) in [6.07, 6.45) is 0.735. The molecule has 0 radical (unpaired) electrons. The molecule has 28 heavy (non-hydrogen) atoms. The number of hydrogen-bond acceptors (Lipinski definition) is 3. The maximum absolute atomic E-state index is 12.9. The number of rotatable bonds is 10. The van der Waals surface area contributed by atoms with Gasteiger partial charge in [0, 0.05) is 18.8 Å². The standard InChI is InChI=1S/C23H30N2O2S/c1-4-24-23(27)19(3)25(15-14-20-8-6-5-7-9-20)22(26)17-28-16-21-12-10-18(2)11-13-21/h5-13,19H,4,14-17H2,1-3H3,(H,24,27)/t19-/m1/s1. The molecule has 1 atom stereocenters. The van der Waals surface area contributed by atoms with Gasteiger partial charge >= 0.3 is 0 Å². The average molecular weight is 399 g/mol. The first kappa shape index (κ1) is 22.0. The van der Waals surface area contributed by atoms with Crippen molar-refractivity contribution in [1.29, 1.82) is 0 Å². The molecule has 0 bridgehead atoms. The van der Waals surface area contributed by atoms with Crippen LogP contribution in [0.4, 0.5) is 0 Å². The highest BCUT2D eigenvalue weighted by molar-refractivity contribution is 7.99. The molecule has 0 saturated carbocycles. The van der Waals surface area contributed by atoms with Gasteiger partial charge in [0.15, 0.2) is 0 Å². The van der Waals surface area contributed by atoms with Gasteiger partial charge in [-0.25, -0.2) is 0 Å². The van der Waals surface area contributed by atoms with E-state index in [9.17, 15) is 9.59 Å². The van der Waals surface area contributed by atoms with Gasteiger partial charge in [-0.15, -0.1) is 11.8 Å². The number of likely N-dealkylation sites (N-methyl/N-ethyl adjacent to an activating group) is 1. The van der Waals surface area contributed by atoms with Gasteiger partial charge in [0.25, 0.3) is 0 Å². The molecule has 4 nitrogen and oxygen atoms in total. The van der Waals surface area contributed by atoms with E-state index in [2.05, 4.69) is 36.5 Å². The van der Waals surface area contributed by atoms with Gasteiger partial charge in [0.05, 0.1) is 5.75 Å². The SMILES string of the molecule is CCNC(=O)[C@@H](C)N(CCc1ccccc1)C(=O)CSCc1ccc(C)cc1. The van der Waals surface area contributed by atoms with Crippen LogP contribution in [0.15, 0.2) is 54.6 Å². The summed E-state index contributed by atoms with van der Waals surface area (Å²) in [6.45, 7) is 6.85. The van der Waals surface area contributed by atoms with Crippen molar-refractivity contribution in [2.75, 3.05) is 18.8 Å². The highest BCUT2D eigenvalue weighted by atomic mass is 32.2. The number of carbonyl (C=O) groups is 2. The van der Waals surface area contributed by atoms with Crippen LogP contribution in [-0.4, -0.2) is 41.6 Å². The second kappa shape index (κ2) is 11.5. The summed E-state index contributed by atoms with van der Waals surface area (Å²) < 4.78 is 0. The minimum atomic E-state index is -0.476. The highest BCUT2D eigenvalue weighted by Crippen LogP contribution is 2.15. The lowest BCUT2D eigenvalue weighted by atomic mass is 10.1. The zero-order valence-corrected chi connectivity index (χ0v) is 17.8. The third kappa shape index (κ3) is 7.04. The van der Waals surface area contributed by atoms with E-state index in [4.69, 9.17) is 0 Å². The molecular weight excluding hydrogens is 368 g/mol. The van der Waals surface area contributed by atoms with Crippen LogP contribution in [0.25, 0.3) is 0 Å². The predicted molar refractivity (Wildman–Crippen MR) is 117 cm³/mol. The lowest BCUT2D eigenvalue weighted by Crippen LogP contribution is -2.49. The van der Waals surface area contributed by atoms with E-state index in [1.807, 2.05) is 37.3 Å². The van der Waals surface area contributed by atoms with E-state index in [1.165, 1.54) is 11.1 Å². The van der Waals surface area contributed by atoms with Crippen molar-refractivity contribution >= 4 is 23.6 Å². The maximum atomic E-state index is 12.9. The predicted octanol–water partition coefficient (Wildman–Crippen LogP) is 3.82. The molecule has 0 fully saturated rings. The lowest BCUT2D eigenvalue weighted by Gasteiger charge is -2.28. The largest absolute Gasteiger partial charge is 0.355 e. The van der Waals surface area contributed by atoms with Crippen LogP contribution >= 0.6 is 11.8 Å². The summed E-state index contributed by atoms with van der Waals surface area (Å²) >= 11 is 1.59. The van der Waals surface area contributed by atoms with Gasteiger partial charge in [-0.1, -0.05) is 60.2 Å². The Kier molecular flexibility index (Phi) is 9.08. The molecule has 0 aliphatic rings. The van der Waals surface area contributed by atoms with Crippen molar-refractivity contribution in [2.45, 2.75) is 39.0 Å². The molecule has 1 N–H and O–H groups in total. The molecule has 0 aliphatic heterocycles. The Labute approximate surface area is 172 Å². The molecule has 2 aromatic rings. The molecule has 0 unspecified atom stereocenters. The van der Waals surface area contributed by atoms with Crippen molar-refractivity contribution in [3.8, 4) is 0 Å². The van der Waals surface area contributed by atoms with Crippen LogP contribution in [0, 0.1) is 6.92 Å². The van der Waals surface area contributed by atoms with Gasteiger partial charge in [-0.2, -0.15) is 0 Å². The third-order valence-corrected chi connectivity index (χ3v) is 5.61. The Morgan fingerprint density at radius 1 is 1.04 bits per heavy atom. The molecule has 2 aromatic carbocycles. The Morgan fingerprint density at radius 3 is 2.36 bits per heavy atom. The number of benzene rings is 2. The Balaban J connectivity index is 1.96. The van der Waals surface area contributed by atoms with Gasteiger partial charge in [0.1, 0.15) is 6.04 Å². The van der Waals surface area contributed by atoms with E-state index >= 15 is 0 Å². The summed E-state index contributed by atoms with van der Waals surface area (Å²) in [5.41, 5.74) is 3.60. The molecule has 0 aromatic heterocycles. The number of hydrogen-bond donors (Lipinski definition) is 1. The van der Waals surface area contributed by atoms with Crippen LogP contribution in [0.1, 0.15) is 30.5 Å². The summed E-state index contributed by atoms with van der Waals surface area (Å²) in [5.74, 6) is 1.06. The van der Waals surface area contributed by atoms with E-state index in [1.54, 1.807) is 23.6 Å². The average Bonchev–Trinajstić information content (AvgIpc) is 2.70. The molecule has 2 amide bonds. The number of thioether (sulfide) groups is 1. The molecule has 150 valence electrons. The molecule has 0 saturated heterocycles. The van der Waals surface area contributed by atoms with Gasteiger partial charge in [0.2, 0.25) is 11.8 Å². The summed E-state index contributed by atoms with van der Waals surface area (Å²) in [7, 11) is 0. The number of carbonyl (C=O) groups excluding carboxylic acids is 2. The Morgan fingerprint density at radius 2 is 1.71 bits per heavy atom. The first-order valence-corrected chi connectivity index (χ1v) is 10.9. The molecular formula is C23H30N2O2S. The highest BCUT2D eigenvalue weighted by Gasteiger charge is 2.25. The van der Waals surface area contributed by atoms with E-state index in [0.29, 0.717) is 18.8 Å². The van der Waals surface area contributed by atoms with Crippen LogP contribution in [-0.2, 0) is 21.8 Å². The molecule has 0 aliphatic carbocycles. The molecule has 2 rings (SSSR count).